The van der Waals surface area contributed by atoms with Crippen LogP contribution in [0.1, 0.15) is 5.56 Å². The average Bonchev–Trinajstić information content (AvgIpc) is 1.95. The van der Waals surface area contributed by atoms with E-state index < -0.39 is 0 Å². The molecule has 1 aromatic carbocycles. The van der Waals surface area contributed by atoms with Crippen molar-refractivity contribution in [3.8, 4) is 6.57 Å². The zero-order chi connectivity index (χ0) is 7.56. The summed E-state index contributed by atoms with van der Waals surface area (Å²) in [5.41, 5.74) is 1.63. The average molecular weight is 225 g/mol. The van der Waals surface area contributed by atoms with E-state index in [4.69, 9.17) is 18.2 Å². The molecule has 0 saturated carbocycles. The Kier molecular flexibility index (Phi) is 7.22. The molecule has 0 heterocycles. The Morgan fingerprint density at radius 1 is 1.42 bits per heavy atom. The Hall–Kier alpha value is -0.420. The van der Waals surface area contributed by atoms with Crippen LogP contribution in [-0.4, -0.2) is 0 Å². The third-order valence-corrected chi connectivity index (χ3v) is 1.80. The van der Waals surface area contributed by atoms with Crippen LogP contribution in [0.25, 0.3) is 4.85 Å². The lowest BCUT2D eigenvalue weighted by atomic mass is 10.2. The Bertz CT molecular complexity index is 291. The number of halogens is 3. The number of benzene rings is 1. The molecule has 66 valence electrons. The minimum atomic E-state index is 0. The van der Waals surface area contributed by atoms with Crippen LogP contribution in [0.4, 0.5) is 5.69 Å². The molecule has 12 heavy (non-hydrogen) atoms. The molecule has 0 aliphatic carbocycles. The first kappa shape index (κ1) is 14.1. The molecule has 0 aliphatic heterocycles. The van der Waals surface area contributed by atoms with E-state index in [1.807, 2.05) is 19.1 Å². The standard InChI is InChI=1S/C8H7ClN.2ClH/c1-6-4-3-5-7(10-2)8(6)9;;/h2-5H,1H3;2*1H/q+1;;/p-1. The van der Waals surface area contributed by atoms with Crippen LogP contribution in [-0.2, 0) is 0 Å². The quantitative estimate of drug-likeness (QED) is 0.610. The highest BCUT2D eigenvalue weighted by Gasteiger charge is 2.08. The third-order valence-electron chi connectivity index (χ3n) is 1.31. The van der Waals surface area contributed by atoms with E-state index >= 15 is 0 Å². The molecule has 0 atom stereocenters. The number of nitrogens with zero attached hydrogens (tertiary/aromatic N) is 1. The van der Waals surface area contributed by atoms with Gasteiger partial charge in [0.15, 0.2) is 0 Å². The van der Waals surface area contributed by atoms with Gasteiger partial charge in [0.05, 0.1) is 0 Å². The summed E-state index contributed by atoms with van der Waals surface area (Å²) in [6.45, 7) is 6.97. The van der Waals surface area contributed by atoms with Gasteiger partial charge in [-0.15, -0.1) is 12.4 Å². The Morgan fingerprint density at radius 3 is 2.42 bits per heavy atom. The molecule has 0 saturated heterocycles. The van der Waals surface area contributed by atoms with E-state index in [2.05, 4.69) is 4.85 Å². The molecule has 0 bridgehead atoms. The molecule has 0 N–H and O–H groups in total. The lowest BCUT2D eigenvalue weighted by Crippen LogP contribution is -3.00. The maximum Gasteiger partial charge on any atom is 0.358 e. The van der Waals surface area contributed by atoms with Gasteiger partial charge < -0.3 is 12.4 Å². The SMILES string of the molecule is C#[N+]c1cccc(C)c1Cl.Cl.[Cl-]. The maximum absolute atomic E-state index is 5.82. The van der Waals surface area contributed by atoms with E-state index in [0.717, 1.165) is 5.56 Å². The Labute approximate surface area is 89.4 Å². The number of rotatable bonds is 0. The molecule has 1 nitrogen and oxygen atoms in total. The molecule has 0 amide bonds. The van der Waals surface area contributed by atoms with Gasteiger partial charge in [-0.2, -0.15) is 0 Å². The van der Waals surface area contributed by atoms with E-state index in [-0.39, 0.29) is 24.8 Å². The number of aryl methyl sites for hydroxylation is 1. The highest BCUT2D eigenvalue weighted by atomic mass is 35.5. The molecule has 1 aromatic rings. The lowest BCUT2D eigenvalue weighted by molar-refractivity contribution is -0.00000216. The van der Waals surface area contributed by atoms with Gasteiger partial charge in [0.25, 0.3) is 6.57 Å². The smallest absolute Gasteiger partial charge is 0.358 e. The fraction of sp³-hybridized carbons (Fsp3) is 0.125. The molecule has 0 aromatic heterocycles. The predicted octanol–water partition coefficient (Wildman–Crippen LogP) is 0.668. The van der Waals surface area contributed by atoms with E-state index in [1.165, 1.54) is 0 Å². The van der Waals surface area contributed by atoms with Crippen molar-refractivity contribution >= 4 is 29.7 Å². The van der Waals surface area contributed by atoms with Crippen molar-refractivity contribution in [2.24, 2.45) is 0 Å². The van der Waals surface area contributed by atoms with Gasteiger partial charge in [0, 0.05) is 6.07 Å². The van der Waals surface area contributed by atoms with Gasteiger partial charge in [-0.3, -0.25) is 0 Å². The van der Waals surface area contributed by atoms with E-state index in [9.17, 15) is 0 Å². The van der Waals surface area contributed by atoms with Gasteiger partial charge in [0.2, 0.25) is 0 Å². The first-order chi connectivity index (χ1) is 4.75. The van der Waals surface area contributed by atoms with Crippen LogP contribution in [0.15, 0.2) is 18.2 Å². The van der Waals surface area contributed by atoms with Crippen LogP contribution in [0.2, 0.25) is 5.02 Å². The summed E-state index contributed by atoms with van der Waals surface area (Å²) in [7, 11) is 0. The van der Waals surface area contributed by atoms with E-state index in [0.29, 0.717) is 10.7 Å². The van der Waals surface area contributed by atoms with Crippen LogP contribution in [0, 0.1) is 13.5 Å². The summed E-state index contributed by atoms with van der Waals surface area (Å²) in [5, 5.41) is 0.630. The summed E-state index contributed by atoms with van der Waals surface area (Å²) in [6.07, 6.45) is 0. The predicted molar refractivity (Wildman–Crippen MR) is 51.4 cm³/mol. The van der Waals surface area contributed by atoms with Gasteiger partial charge in [-0.25, -0.2) is 0 Å². The largest absolute Gasteiger partial charge is 1.00 e. The van der Waals surface area contributed by atoms with Crippen molar-refractivity contribution in [2.45, 2.75) is 6.92 Å². The highest BCUT2D eigenvalue weighted by molar-refractivity contribution is 6.34. The van der Waals surface area contributed by atoms with Crippen molar-refractivity contribution in [1.29, 1.82) is 0 Å². The number of hydrogen-bond acceptors (Lipinski definition) is 0. The molecule has 4 heteroatoms. The monoisotopic (exact) mass is 223 g/mol. The van der Waals surface area contributed by atoms with Crippen molar-refractivity contribution in [3.63, 3.8) is 0 Å². The summed E-state index contributed by atoms with van der Waals surface area (Å²) in [5.74, 6) is 0. The minimum absolute atomic E-state index is 0. The summed E-state index contributed by atoms with van der Waals surface area (Å²) >= 11 is 5.82. The highest BCUT2D eigenvalue weighted by Crippen LogP contribution is 2.27. The molecule has 0 fully saturated rings. The van der Waals surface area contributed by atoms with Gasteiger partial charge in [-0.05, 0) is 17.3 Å². The molecule has 0 radical (unpaired) electrons. The zero-order valence-electron chi connectivity index (χ0n) is 6.42. The second-order valence-corrected chi connectivity index (χ2v) is 2.42. The van der Waals surface area contributed by atoms with Crippen molar-refractivity contribution in [1.82, 2.24) is 0 Å². The van der Waals surface area contributed by atoms with Gasteiger partial charge in [-0.1, -0.05) is 23.7 Å². The van der Waals surface area contributed by atoms with Crippen LogP contribution < -0.4 is 12.4 Å². The Morgan fingerprint density at radius 2 is 2.00 bits per heavy atom. The van der Waals surface area contributed by atoms with Crippen LogP contribution in [0.3, 0.4) is 0 Å². The van der Waals surface area contributed by atoms with Gasteiger partial charge in [0.1, 0.15) is 5.02 Å². The normalized spacial score (nSPS) is 7.42. The van der Waals surface area contributed by atoms with Crippen LogP contribution in [0.5, 0.6) is 0 Å². The third kappa shape index (κ3) is 2.91. The first-order valence-electron chi connectivity index (χ1n) is 2.91. The second kappa shape index (κ2) is 6.14. The first-order valence-corrected chi connectivity index (χ1v) is 3.29. The van der Waals surface area contributed by atoms with Gasteiger partial charge >= 0.3 is 5.69 Å². The van der Waals surface area contributed by atoms with E-state index in [1.54, 1.807) is 6.07 Å². The molecule has 0 unspecified atom stereocenters. The summed E-state index contributed by atoms with van der Waals surface area (Å²) in [6, 6.07) is 5.55. The number of hydrogen-bond donors (Lipinski definition) is 0. The summed E-state index contributed by atoms with van der Waals surface area (Å²) < 4.78 is 0. The molecular formula is C8H8Cl3N. The fourth-order valence-electron chi connectivity index (χ4n) is 0.732. The second-order valence-electron chi connectivity index (χ2n) is 2.04. The lowest BCUT2D eigenvalue weighted by Gasteiger charge is -1.90. The minimum Gasteiger partial charge on any atom is -1.00 e. The molecular weight excluding hydrogens is 216 g/mol. The van der Waals surface area contributed by atoms with Crippen molar-refractivity contribution in [2.75, 3.05) is 0 Å². The molecule has 1 rings (SSSR count). The van der Waals surface area contributed by atoms with Crippen molar-refractivity contribution < 1.29 is 12.4 Å². The topological polar surface area (TPSA) is 4.36 Å². The Balaban J connectivity index is 0. The maximum atomic E-state index is 5.82. The van der Waals surface area contributed by atoms with Crippen molar-refractivity contribution in [3.05, 3.63) is 33.6 Å². The van der Waals surface area contributed by atoms with Crippen LogP contribution >= 0.6 is 24.0 Å². The fourth-order valence-corrected chi connectivity index (χ4v) is 0.906. The summed E-state index contributed by atoms with van der Waals surface area (Å²) in [4.78, 5) is 3.50. The molecule has 0 spiro atoms. The zero-order valence-corrected chi connectivity index (χ0v) is 8.75. The molecule has 0 aliphatic rings.